The van der Waals surface area contributed by atoms with Crippen molar-refractivity contribution in [3.05, 3.63) is 64.7 Å². The fraction of sp³-hybridized carbons (Fsp3) is 0.100. The van der Waals surface area contributed by atoms with Gasteiger partial charge in [0, 0.05) is 5.02 Å². The zero-order chi connectivity index (χ0) is 21.1. The molecule has 4 amide bonds. The lowest BCUT2D eigenvalue weighted by molar-refractivity contribution is -0.312. The van der Waals surface area contributed by atoms with Gasteiger partial charge in [-0.05, 0) is 48.9 Å². The molecule has 0 bridgehead atoms. The number of urea groups is 1. The average Bonchev–Trinajstić information content (AvgIpc) is 2.66. The lowest BCUT2D eigenvalue weighted by Gasteiger charge is -2.26. The van der Waals surface area contributed by atoms with Gasteiger partial charge >= 0.3 is 6.03 Å². The van der Waals surface area contributed by atoms with Gasteiger partial charge < -0.3 is 14.6 Å². The molecule has 0 saturated carbocycles. The number of amides is 4. The summed E-state index contributed by atoms with van der Waals surface area (Å²) in [5, 5.41) is 13.2. The zero-order valence-corrected chi connectivity index (χ0v) is 15.8. The summed E-state index contributed by atoms with van der Waals surface area (Å²) in [7, 11) is 0. The van der Waals surface area contributed by atoms with Gasteiger partial charge in [-0.25, -0.2) is 9.69 Å². The first-order chi connectivity index (χ1) is 13.8. The lowest BCUT2D eigenvalue weighted by Crippen LogP contribution is -2.54. The Bertz CT molecular complexity index is 1030. The molecule has 1 fully saturated rings. The molecule has 2 aromatic carbocycles. The third kappa shape index (κ3) is 4.44. The number of carbonyl (C=O) groups excluding carboxylic acids is 4. The van der Waals surface area contributed by atoms with Gasteiger partial charge in [-0.2, -0.15) is 0 Å². The van der Waals surface area contributed by atoms with Crippen molar-refractivity contribution in [3.8, 4) is 5.75 Å². The number of rotatable bonds is 5. The summed E-state index contributed by atoms with van der Waals surface area (Å²) >= 11 is 5.92. The molecule has 148 valence electrons. The standard InChI is InChI=1S/C20H15ClN2O6/c1-11(19(26)27)29-15-7-5-12(6-8-15)9-16-17(24)22-20(28)23(18(16)25)14-4-2-3-13(21)10-14/h2-11H,1H3,(H,26,27)(H,22,24,28)/p-1/b16-9+/t11-/m1/s1. The van der Waals surface area contributed by atoms with Crippen LogP contribution in [0.3, 0.4) is 0 Å². The highest BCUT2D eigenvalue weighted by Gasteiger charge is 2.36. The largest absolute Gasteiger partial charge is 0.546 e. The molecular formula is C20H14ClN2O6-. The molecule has 0 aliphatic carbocycles. The predicted octanol–water partition coefficient (Wildman–Crippen LogP) is 1.52. The Morgan fingerprint density at radius 2 is 1.86 bits per heavy atom. The third-order valence-corrected chi connectivity index (χ3v) is 4.24. The summed E-state index contributed by atoms with van der Waals surface area (Å²) in [6.07, 6.45) is 0.176. The molecule has 0 spiro atoms. The number of nitrogens with zero attached hydrogens (tertiary/aromatic N) is 1. The number of ether oxygens (including phenoxy) is 1. The molecule has 8 nitrogen and oxygen atoms in total. The molecule has 0 aromatic heterocycles. The van der Waals surface area contributed by atoms with Crippen molar-refractivity contribution >= 4 is 47.2 Å². The summed E-state index contributed by atoms with van der Waals surface area (Å²) < 4.78 is 5.17. The maximum Gasteiger partial charge on any atom is 0.335 e. The first kappa shape index (κ1) is 20.1. The lowest BCUT2D eigenvalue weighted by atomic mass is 10.1. The minimum atomic E-state index is -1.36. The van der Waals surface area contributed by atoms with E-state index in [9.17, 15) is 24.3 Å². The summed E-state index contributed by atoms with van der Waals surface area (Å²) in [6, 6.07) is 11.3. The van der Waals surface area contributed by atoms with Crippen LogP contribution in [0.5, 0.6) is 5.75 Å². The van der Waals surface area contributed by atoms with Crippen LogP contribution in [0.25, 0.3) is 6.08 Å². The van der Waals surface area contributed by atoms with Crippen LogP contribution in [0.15, 0.2) is 54.1 Å². The maximum atomic E-state index is 12.8. The Hall–Kier alpha value is -3.65. The van der Waals surface area contributed by atoms with Crippen LogP contribution in [0.1, 0.15) is 12.5 Å². The molecule has 0 unspecified atom stereocenters. The summed E-state index contributed by atoms with van der Waals surface area (Å²) in [4.78, 5) is 48.7. The number of carbonyl (C=O) groups is 4. The van der Waals surface area contributed by atoms with Crippen LogP contribution in [0, 0.1) is 0 Å². The molecule has 9 heteroatoms. The molecule has 1 heterocycles. The van der Waals surface area contributed by atoms with Gasteiger partial charge in [-0.3, -0.25) is 14.9 Å². The van der Waals surface area contributed by atoms with E-state index in [1.807, 2.05) is 0 Å². The highest BCUT2D eigenvalue weighted by atomic mass is 35.5. The zero-order valence-electron chi connectivity index (χ0n) is 15.0. The summed E-state index contributed by atoms with van der Waals surface area (Å²) in [5.41, 5.74) is 0.442. The monoisotopic (exact) mass is 413 g/mol. The average molecular weight is 414 g/mol. The van der Waals surface area contributed by atoms with E-state index in [4.69, 9.17) is 16.3 Å². The second-order valence-electron chi connectivity index (χ2n) is 6.09. The van der Waals surface area contributed by atoms with Gasteiger partial charge in [-0.1, -0.05) is 29.8 Å². The molecule has 0 radical (unpaired) electrons. The Morgan fingerprint density at radius 3 is 2.48 bits per heavy atom. The van der Waals surface area contributed by atoms with Crippen molar-refractivity contribution in [2.45, 2.75) is 13.0 Å². The number of halogens is 1. The van der Waals surface area contributed by atoms with Crippen molar-refractivity contribution < 1.29 is 29.0 Å². The molecule has 1 N–H and O–H groups in total. The quantitative estimate of drug-likeness (QED) is 0.587. The molecule has 1 atom stereocenters. The van der Waals surface area contributed by atoms with Crippen LogP contribution in [0.2, 0.25) is 5.02 Å². The Balaban J connectivity index is 1.87. The normalized spacial score (nSPS) is 16.6. The van der Waals surface area contributed by atoms with Crippen molar-refractivity contribution in [1.29, 1.82) is 0 Å². The van der Waals surface area contributed by atoms with E-state index in [2.05, 4.69) is 5.32 Å². The number of benzene rings is 2. The topological polar surface area (TPSA) is 116 Å². The van der Waals surface area contributed by atoms with Gasteiger partial charge in [0.2, 0.25) is 0 Å². The highest BCUT2D eigenvalue weighted by molar-refractivity contribution is 6.39. The Labute approximate surface area is 170 Å². The van der Waals surface area contributed by atoms with Crippen molar-refractivity contribution in [2.24, 2.45) is 0 Å². The highest BCUT2D eigenvalue weighted by Crippen LogP contribution is 2.25. The number of carboxylic acid groups (broad SMARTS) is 1. The molecule has 1 saturated heterocycles. The van der Waals surface area contributed by atoms with E-state index < -0.39 is 29.9 Å². The summed E-state index contributed by atoms with van der Waals surface area (Å²) in [6.45, 7) is 1.33. The van der Waals surface area contributed by atoms with Crippen LogP contribution in [0.4, 0.5) is 10.5 Å². The van der Waals surface area contributed by atoms with Gasteiger partial charge in [0.15, 0.2) is 0 Å². The van der Waals surface area contributed by atoms with Crippen molar-refractivity contribution in [2.75, 3.05) is 4.90 Å². The first-order valence-electron chi connectivity index (χ1n) is 8.41. The number of nitrogens with one attached hydrogen (secondary N) is 1. The van der Waals surface area contributed by atoms with E-state index in [1.165, 1.54) is 49.4 Å². The van der Waals surface area contributed by atoms with Gasteiger partial charge in [0.05, 0.1) is 11.7 Å². The number of carboxylic acids is 1. The number of anilines is 1. The number of imide groups is 2. The number of hydrogen-bond donors (Lipinski definition) is 1. The number of aliphatic carboxylic acids is 1. The molecule has 1 aliphatic heterocycles. The van der Waals surface area contributed by atoms with E-state index in [0.717, 1.165) is 4.90 Å². The minimum Gasteiger partial charge on any atom is -0.546 e. The predicted molar refractivity (Wildman–Crippen MR) is 102 cm³/mol. The fourth-order valence-corrected chi connectivity index (χ4v) is 2.75. The molecule has 29 heavy (non-hydrogen) atoms. The minimum absolute atomic E-state index is 0.221. The van der Waals surface area contributed by atoms with Gasteiger partial charge in [0.25, 0.3) is 11.8 Å². The maximum absolute atomic E-state index is 12.8. The summed E-state index contributed by atoms with van der Waals surface area (Å²) in [5.74, 6) is -2.71. The van der Waals surface area contributed by atoms with E-state index in [0.29, 0.717) is 10.6 Å². The molecule has 3 rings (SSSR count). The van der Waals surface area contributed by atoms with Crippen LogP contribution < -0.4 is 20.1 Å². The third-order valence-electron chi connectivity index (χ3n) is 4.00. The molecule has 2 aromatic rings. The van der Waals surface area contributed by atoms with E-state index in [1.54, 1.807) is 12.1 Å². The van der Waals surface area contributed by atoms with Crippen LogP contribution in [-0.2, 0) is 14.4 Å². The molecular weight excluding hydrogens is 400 g/mol. The molecule has 1 aliphatic rings. The van der Waals surface area contributed by atoms with Gasteiger partial charge in [-0.15, -0.1) is 0 Å². The Morgan fingerprint density at radius 1 is 1.17 bits per heavy atom. The first-order valence-corrected chi connectivity index (χ1v) is 8.78. The number of hydrogen-bond acceptors (Lipinski definition) is 6. The second kappa shape index (κ2) is 8.15. The SMILES string of the molecule is C[C@@H](Oc1ccc(/C=C2\C(=O)NC(=O)N(c3cccc(Cl)c3)C2=O)cc1)C(=O)[O-]. The smallest absolute Gasteiger partial charge is 0.335 e. The second-order valence-corrected chi connectivity index (χ2v) is 6.52. The van der Waals surface area contributed by atoms with Crippen LogP contribution >= 0.6 is 11.6 Å². The van der Waals surface area contributed by atoms with E-state index >= 15 is 0 Å². The number of barbiturate groups is 1. The van der Waals surface area contributed by atoms with Crippen molar-refractivity contribution in [1.82, 2.24) is 5.32 Å². The fourth-order valence-electron chi connectivity index (χ4n) is 2.57. The Kier molecular flexibility index (Phi) is 5.65. The van der Waals surface area contributed by atoms with Crippen LogP contribution in [-0.4, -0.2) is 29.9 Å². The van der Waals surface area contributed by atoms with Gasteiger partial charge in [0.1, 0.15) is 17.4 Å². The van der Waals surface area contributed by atoms with E-state index in [-0.39, 0.29) is 17.0 Å². The van der Waals surface area contributed by atoms with Crippen molar-refractivity contribution in [3.63, 3.8) is 0 Å².